The maximum atomic E-state index is 12.6. The second kappa shape index (κ2) is 11.4. The standard InChI is InChI=1S/C24H30O9/c25-16-6-1-14(2-7-16)3-8-17(26)12-18(9-4-15-5-10-19(27)20(28)11-15)33-24-23(31)22(30)21(29)13-32-24/h1-2,5-7,10-11,18,21-25,27-31H,3-4,8-9,12-13H2/t18-,21+,22-,23+,24-/m0/s1. The molecule has 0 unspecified atom stereocenters. The lowest BCUT2D eigenvalue weighted by molar-refractivity contribution is -0.282. The maximum absolute atomic E-state index is 12.6. The third-order valence-corrected chi connectivity index (χ3v) is 5.66. The van der Waals surface area contributed by atoms with Gasteiger partial charge in [-0.25, -0.2) is 0 Å². The number of aliphatic hydroxyl groups is 3. The number of carbonyl (C=O) groups is 1. The van der Waals surface area contributed by atoms with Gasteiger partial charge in [0, 0.05) is 12.8 Å². The van der Waals surface area contributed by atoms with Crippen molar-refractivity contribution in [1.82, 2.24) is 0 Å². The molecule has 9 heteroatoms. The van der Waals surface area contributed by atoms with Crippen LogP contribution < -0.4 is 0 Å². The number of hydrogen-bond acceptors (Lipinski definition) is 9. The van der Waals surface area contributed by atoms with Gasteiger partial charge in [0.05, 0.1) is 12.7 Å². The number of aryl methyl sites for hydroxylation is 2. The minimum Gasteiger partial charge on any atom is -0.508 e. The minimum absolute atomic E-state index is 0.0351. The summed E-state index contributed by atoms with van der Waals surface area (Å²) in [6.07, 6.45) is -4.45. The highest BCUT2D eigenvalue weighted by Gasteiger charge is 2.39. The van der Waals surface area contributed by atoms with Crippen LogP contribution in [-0.4, -0.2) is 73.7 Å². The van der Waals surface area contributed by atoms with E-state index in [1.54, 1.807) is 30.3 Å². The van der Waals surface area contributed by atoms with E-state index in [1.807, 2.05) is 0 Å². The zero-order valence-corrected chi connectivity index (χ0v) is 18.1. The van der Waals surface area contributed by atoms with Crippen molar-refractivity contribution in [3.63, 3.8) is 0 Å². The van der Waals surface area contributed by atoms with E-state index < -0.39 is 30.7 Å². The molecule has 9 nitrogen and oxygen atoms in total. The molecule has 2 aromatic carbocycles. The Morgan fingerprint density at radius 1 is 0.939 bits per heavy atom. The van der Waals surface area contributed by atoms with Gasteiger partial charge in [0.25, 0.3) is 0 Å². The van der Waals surface area contributed by atoms with E-state index in [0.717, 1.165) is 11.1 Å². The average Bonchev–Trinajstić information content (AvgIpc) is 2.79. The normalized spacial score (nSPS) is 23.8. The molecule has 3 rings (SSSR count). The maximum Gasteiger partial charge on any atom is 0.186 e. The second-order valence-electron chi connectivity index (χ2n) is 8.28. The smallest absolute Gasteiger partial charge is 0.186 e. The number of phenolic OH excluding ortho intramolecular Hbond substituents is 3. The molecule has 6 N–H and O–H groups in total. The SMILES string of the molecule is O=C(CCc1ccc(O)cc1)C[C@H](CCc1ccc(O)c(O)c1)O[C@@H]1OC[C@@H](O)[C@H](O)[C@H]1O. The number of rotatable bonds is 10. The van der Waals surface area contributed by atoms with E-state index in [1.165, 1.54) is 12.1 Å². The van der Waals surface area contributed by atoms with Crippen LogP contribution in [0.3, 0.4) is 0 Å². The molecule has 1 fully saturated rings. The third-order valence-electron chi connectivity index (χ3n) is 5.66. The van der Waals surface area contributed by atoms with Crippen LogP contribution >= 0.6 is 0 Å². The molecule has 0 aromatic heterocycles. The Labute approximate surface area is 191 Å². The zero-order valence-electron chi connectivity index (χ0n) is 18.1. The molecule has 0 saturated carbocycles. The fourth-order valence-corrected chi connectivity index (χ4v) is 3.66. The predicted octanol–water partition coefficient (Wildman–Crippen LogP) is 1.15. The molecule has 33 heavy (non-hydrogen) atoms. The summed E-state index contributed by atoms with van der Waals surface area (Å²) in [4.78, 5) is 12.6. The van der Waals surface area contributed by atoms with Crippen molar-refractivity contribution in [3.8, 4) is 17.2 Å². The van der Waals surface area contributed by atoms with Crippen molar-refractivity contribution in [1.29, 1.82) is 0 Å². The molecule has 0 aliphatic carbocycles. The molecule has 0 amide bonds. The fraction of sp³-hybridized carbons (Fsp3) is 0.458. The van der Waals surface area contributed by atoms with Crippen LogP contribution in [0.5, 0.6) is 17.2 Å². The Balaban J connectivity index is 1.62. The van der Waals surface area contributed by atoms with E-state index in [2.05, 4.69) is 0 Å². The van der Waals surface area contributed by atoms with Gasteiger partial charge in [-0.2, -0.15) is 0 Å². The Hall–Kier alpha value is -2.69. The molecule has 0 bridgehead atoms. The fourth-order valence-electron chi connectivity index (χ4n) is 3.66. The number of ketones is 1. The van der Waals surface area contributed by atoms with Crippen LogP contribution in [0.15, 0.2) is 42.5 Å². The first-order valence-electron chi connectivity index (χ1n) is 10.8. The molecule has 1 aliphatic heterocycles. The van der Waals surface area contributed by atoms with Crippen LogP contribution in [-0.2, 0) is 27.1 Å². The molecule has 180 valence electrons. The quantitative estimate of drug-likeness (QED) is 0.285. The predicted molar refractivity (Wildman–Crippen MR) is 117 cm³/mol. The lowest BCUT2D eigenvalue weighted by Crippen LogP contribution is -2.54. The summed E-state index contributed by atoms with van der Waals surface area (Å²) < 4.78 is 11.1. The van der Waals surface area contributed by atoms with Gasteiger partial charge in [-0.05, 0) is 54.7 Å². The molecule has 1 saturated heterocycles. The van der Waals surface area contributed by atoms with Crippen LogP contribution in [0.1, 0.15) is 30.4 Å². The lowest BCUT2D eigenvalue weighted by Gasteiger charge is -2.36. The summed E-state index contributed by atoms with van der Waals surface area (Å²) in [6, 6.07) is 11.0. The number of aromatic hydroxyl groups is 3. The van der Waals surface area contributed by atoms with Gasteiger partial charge in [0.1, 0.15) is 29.8 Å². The highest BCUT2D eigenvalue weighted by Crippen LogP contribution is 2.27. The van der Waals surface area contributed by atoms with Crippen molar-refractivity contribution in [2.75, 3.05) is 6.61 Å². The molecule has 2 aromatic rings. The Morgan fingerprint density at radius 2 is 1.64 bits per heavy atom. The Bertz CT molecular complexity index is 915. The Kier molecular flexibility index (Phi) is 8.65. The summed E-state index contributed by atoms with van der Waals surface area (Å²) in [6.45, 7) is -0.212. The number of carbonyl (C=O) groups excluding carboxylic acids is 1. The molecule has 1 aliphatic rings. The molecule has 1 heterocycles. The number of Topliss-reactive ketones (excluding diaryl/α,β-unsaturated/α-hetero) is 1. The first kappa shape index (κ1) is 24.9. The molecule has 0 radical (unpaired) electrons. The van der Waals surface area contributed by atoms with E-state index >= 15 is 0 Å². The van der Waals surface area contributed by atoms with E-state index in [0.29, 0.717) is 19.3 Å². The summed E-state index contributed by atoms with van der Waals surface area (Å²) >= 11 is 0. The molecule has 5 atom stereocenters. The first-order chi connectivity index (χ1) is 15.7. The first-order valence-corrected chi connectivity index (χ1v) is 10.8. The van der Waals surface area contributed by atoms with Gasteiger partial charge in [-0.3, -0.25) is 4.79 Å². The van der Waals surface area contributed by atoms with E-state index in [4.69, 9.17) is 9.47 Å². The van der Waals surface area contributed by atoms with Crippen LogP contribution in [0, 0.1) is 0 Å². The third kappa shape index (κ3) is 7.15. The highest BCUT2D eigenvalue weighted by molar-refractivity contribution is 5.79. The largest absolute Gasteiger partial charge is 0.508 e. The zero-order chi connectivity index (χ0) is 24.0. The van der Waals surface area contributed by atoms with Gasteiger partial charge in [0.15, 0.2) is 17.8 Å². The number of benzene rings is 2. The van der Waals surface area contributed by atoms with E-state index in [-0.39, 0.29) is 42.5 Å². The number of hydrogen-bond donors (Lipinski definition) is 6. The van der Waals surface area contributed by atoms with E-state index in [9.17, 15) is 35.4 Å². The highest BCUT2D eigenvalue weighted by atomic mass is 16.7. The minimum atomic E-state index is -1.47. The van der Waals surface area contributed by atoms with Crippen LogP contribution in [0.25, 0.3) is 0 Å². The number of phenols is 3. The van der Waals surface area contributed by atoms with Gasteiger partial charge in [-0.15, -0.1) is 0 Å². The molecular weight excluding hydrogens is 432 g/mol. The number of ether oxygens (including phenoxy) is 2. The van der Waals surface area contributed by atoms with Gasteiger partial charge < -0.3 is 40.1 Å². The van der Waals surface area contributed by atoms with Crippen LogP contribution in [0.2, 0.25) is 0 Å². The molecular formula is C24H30O9. The topological polar surface area (TPSA) is 157 Å². The van der Waals surface area contributed by atoms with Crippen molar-refractivity contribution >= 4 is 5.78 Å². The van der Waals surface area contributed by atoms with Crippen molar-refractivity contribution in [3.05, 3.63) is 53.6 Å². The van der Waals surface area contributed by atoms with Gasteiger partial charge in [0.2, 0.25) is 0 Å². The lowest BCUT2D eigenvalue weighted by atomic mass is 9.99. The van der Waals surface area contributed by atoms with Crippen molar-refractivity contribution in [2.24, 2.45) is 0 Å². The van der Waals surface area contributed by atoms with Gasteiger partial charge in [-0.1, -0.05) is 18.2 Å². The summed E-state index contributed by atoms with van der Waals surface area (Å²) in [5, 5.41) is 58.3. The molecule has 0 spiro atoms. The van der Waals surface area contributed by atoms with Gasteiger partial charge >= 0.3 is 0 Å². The number of aliphatic hydroxyl groups excluding tert-OH is 3. The summed E-state index contributed by atoms with van der Waals surface area (Å²) in [5.41, 5.74) is 1.62. The monoisotopic (exact) mass is 462 g/mol. The average molecular weight is 462 g/mol. The van der Waals surface area contributed by atoms with Crippen LogP contribution in [0.4, 0.5) is 0 Å². The summed E-state index contributed by atoms with van der Waals surface area (Å²) in [7, 11) is 0. The van der Waals surface area contributed by atoms with Crippen molar-refractivity contribution < 1.29 is 44.9 Å². The Morgan fingerprint density at radius 3 is 2.33 bits per heavy atom. The van der Waals surface area contributed by atoms with Crippen molar-refractivity contribution in [2.45, 2.75) is 62.8 Å². The summed E-state index contributed by atoms with van der Waals surface area (Å²) in [5.74, 6) is -0.412. The second-order valence-corrected chi connectivity index (χ2v) is 8.28.